The Bertz CT molecular complexity index is 324. The molecule has 1 aromatic carbocycles. The van der Waals surface area contributed by atoms with Crippen LogP contribution in [0.4, 0.5) is 0 Å². The van der Waals surface area contributed by atoms with Gasteiger partial charge < -0.3 is 15.2 Å². The van der Waals surface area contributed by atoms with Crippen molar-refractivity contribution in [3.8, 4) is 5.75 Å². The zero-order chi connectivity index (χ0) is 9.97. The molecule has 0 saturated carbocycles. The molecule has 1 fully saturated rings. The van der Waals surface area contributed by atoms with E-state index in [4.69, 9.17) is 4.74 Å². The number of benzene rings is 1. The third-order valence-corrected chi connectivity index (χ3v) is 3.15. The monoisotopic (exact) mass is 257 g/mol. The number of halogens is 1. The minimum absolute atomic E-state index is 0.0326. The Morgan fingerprint density at radius 3 is 3.07 bits per heavy atom. The van der Waals surface area contributed by atoms with E-state index in [1.807, 2.05) is 12.1 Å². The fourth-order valence-electron chi connectivity index (χ4n) is 1.55. The highest BCUT2D eigenvalue weighted by Crippen LogP contribution is 2.33. The van der Waals surface area contributed by atoms with Crippen LogP contribution < -0.4 is 5.32 Å². The van der Waals surface area contributed by atoms with Crippen molar-refractivity contribution in [3.05, 3.63) is 28.2 Å². The van der Waals surface area contributed by atoms with Crippen molar-refractivity contribution in [1.29, 1.82) is 0 Å². The number of phenolic OH excluding ortho intramolecular Hbond substituents is 1. The fourth-order valence-corrected chi connectivity index (χ4v) is 2.07. The fraction of sp³-hybridized carbons (Fsp3) is 0.400. The first kappa shape index (κ1) is 9.96. The predicted molar refractivity (Wildman–Crippen MR) is 57.4 cm³/mol. The number of phenols is 1. The van der Waals surface area contributed by atoms with Gasteiger partial charge in [-0.2, -0.15) is 0 Å². The largest absolute Gasteiger partial charge is 0.507 e. The van der Waals surface area contributed by atoms with Crippen molar-refractivity contribution in [2.75, 3.05) is 19.7 Å². The van der Waals surface area contributed by atoms with Crippen LogP contribution in [0.3, 0.4) is 0 Å². The summed E-state index contributed by atoms with van der Waals surface area (Å²) in [5.74, 6) is 0.261. The summed E-state index contributed by atoms with van der Waals surface area (Å²) in [4.78, 5) is 0. The predicted octanol–water partition coefficient (Wildman–Crippen LogP) is 1.82. The molecule has 1 aliphatic heterocycles. The van der Waals surface area contributed by atoms with Crippen molar-refractivity contribution in [1.82, 2.24) is 5.32 Å². The number of nitrogens with one attached hydrogen (secondary N) is 1. The Morgan fingerprint density at radius 1 is 1.50 bits per heavy atom. The quantitative estimate of drug-likeness (QED) is 0.807. The standard InChI is InChI=1S/C10H12BrNO2/c11-10-7(2-1-3-8(10)13)9-6-12-4-5-14-9/h1-3,9,12-13H,4-6H2. The lowest BCUT2D eigenvalue weighted by molar-refractivity contribution is 0.0271. The SMILES string of the molecule is Oc1cccc(C2CNCCO2)c1Br. The molecule has 1 aliphatic rings. The maximum Gasteiger partial charge on any atom is 0.130 e. The molecule has 1 atom stereocenters. The first-order chi connectivity index (χ1) is 6.79. The Labute approximate surface area is 91.2 Å². The van der Waals surface area contributed by atoms with Gasteiger partial charge in [0.05, 0.1) is 17.2 Å². The van der Waals surface area contributed by atoms with Gasteiger partial charge in [-0.05, 0) is 27.6 Å². The lowest BCUT2D eigenvalue weighted by atomic mass is 10.1. The molecule has 4 heteroatoms. The summed E-state index contributed by atoms with van der Waals surface area (Å²) in [6.07, 6.45) is 0.0326. The molecule has 0 spiro atoms. The van der Waals surface area contributed by atoms with E-state index in [-0.39, 0.29) is 11.9 Å². The molecule has 76 valence electrons. The van der Waals surface area contributed by atoms with Gasteiger partial charge in [-0.15, -0.1) is 0 Å². The lowest BCUT2D eigenvalue weighted by Gasteiger charge is -2.24. The molecular formula is C10H12BrNO2. The smallest absolute Gasteiger partial charge is 0.130 e. The molecule has 0 bridgehead atoms. The average molecular weight is 258 g/mol. The van der Waals surface area contributed by atoms with Crippen molar-refractivity contribution >= 4 is 15.9 Å². The van der Waals surface area contributed by atoms with E-state index < -0.39 is 0 Å². The summed E-state index contributed by atoms with van der Waals surface area (Å²) >= 11 is 3.36. The van der Waals surface area contributed by atoms with Crippen molar-refractivity contribution in [3.63, 3.8) is 0 Å². The number of rotatable bonds is 1. The van der Waals surface area contributed by atoms with Gasteiger partial charge in [0.15, 0.2) is 0 Å². The normalized spacial score (nSPS) is 22.2. The Hall–Kier alpha value is -0.580. The molecule has 1 saturated heterocycles. The second-order valence-corrected chi connectivity index (χ2v) is 4.04. The van der Waals surface area contributed by atoms with Gasteiger partial charge in [0.1, 0.15) is 5.75 Å². The Kier molecular flexibility index (Phi) is 3.05. The molecule has 1 heterocycles. The molecule has 1 aromatic rings. The van der Waals surface area contributed by atoms with Crippen LogP contribution in [0.1, 0.15) is 11.7 Å². The van der Waals surface area contributed by atoms with E-state index in [0.717, 1.165) is 23.1 Å². The number of morpholine rings is 1. The number of hydrogen-bond donors (Lipinski definition) is 2. The van der Waals surface area contributed by atoms with Gasteiger partial charge in [0, 0.05) is 13.1 Å². The highest BCUT2D eigenvalue weighted by molar-refractivity contribution is 9.10. The van der Waals surface area contributed by atoms with Gasteiger partial charge in [-0.3, -0.25) is 0 Å². The van der Waals surface area contributed by atoms with Crippen LogP contribution in [0.15, 0.2) is 22.7 Å². The van der Waals surface area contributed by atoms with Crippen LogP contribution >= 0.6 is 15.9 Å². The van der Waals surface area contributed by atoms with Gasteiger partial charge >= 0.3 is 0 Å². The molecule has 2 rings (SSSR count). The van der Waals surface area contributed by atoms with Crippen LogP contribution in [0, 0.1) is 0 Å². The molecule has 1 unspecified atom stereocenters. The summed E-state index contributed by atoms with van der Waals surface area (Å²) in [6.45, 7) is 2.40. The molecule has 14 heavy (non-hydrogen) atoms. The van der Waals surface area contributed by atoms with Crippen LogP contribution in [0.25, 0.3) is 0 Å². The zero-order valence-corrected chi connectivity index (χ0v) is 9.25. The van der Waals surface area contributed by atoms with E-state index in [0.29, 0.717) is 6.61 Å². The number of aromatic hydroxyl groups is 1. The van der Waals surface area contributed by atoms with Gasteiger partial charge in [0.25, 0.3) is 0 Å². The van der Waals surface area contributed by atoms with Gasteiger partial charge in [-0.25, -0.2) is 0 Å². The van der Waals surface area contributed by atoms with E-state index in [9.17, 15) is 5.11 Å². The molecule has 0 aliphatic carbocycles. The van der Waals surface area contributed by atoms with Crippen LogP contribution in [-0.2, 0) is 4.74 Å². The molecule has 0 aromatic heterocycles. The van der Waals surface area contributed by atoms with Crippen molar-refractivity contribution in [2.24, 2.45) is 0 Å². The summed E-state index contributed by atoms with van der Waals surface area (Å²) < 4.78 is 6.33. The van der Waals surface area contributed by atoms with Crippen LogP contribution in [-0.4, -0.2) is 24.8 Å². The molecule has 0 amide bonds. The van der Waals surface area contributed by atoms with E-state index >= 15 is 0 Å². The van der Waals surface area contributed by atoms with E-state index in [2.05, 4.69) is 21.2 Å². The van der Waals surface area contributed by atoms with Crippen LogP contribution in [0.5, 0.6) is 5.75 Å². The summed E-state index contributed by atoms with van der Waals surface area (Å²) in [6, 6.07) is 5.44. The average Bonchev–Trinajstić information content (AvgIpc) is 2.23. The second kappa shape index (κ2) is 4.29. The van der Waals surface area contributed by atoms with E-state index in [1.54, 1.807) is 6.07 Å². The van der Waals surface area contributed by atoms with Gasteiger partial charge in [-0.1, -0.05) is 12.1 Å². The maximum atomic E-state index is 9.51. The topological polar surface area (TPSA) is 41.5 Å². The minimum Gasteiger partial charge on any atom is -0.507 e. The molecule has 3 nitrogen and oxygen atoms in total. The molecule has 2 N–H and O–H groups in total. The highest BCUT2D eigenvalue weighted by atomic mass is 79.9. The number of hydrogen-bond acceptors (Lipinski definition) is 3. The van der Waals surface area contributed by atoms with Crippen LogP contribution in [0.2, 0.25) is 0 Å². The molecule has 0 radical (unpaired) electrons. The summed E-state index contributed by atoms with van der Waals surface area (Å²) in [5.41, 5.74) is 0.997. The first-order valence-electron chi connectivity index (χ1n) is 4.59. The minimum atomic E-state index is 0.0326. The number of ether oxygens (including phenoxy) is 1. The second-order valence-electron chi connectivity index (χ2n) is 3.24. The van der Waals surface area contributed by atoms with Crippen molar-refractivity contribution in [2.45, 2.75) is 6.10 Å². The maximum absolute atomic E-state index is 9.51. The Morgan fingerprint density at radius 2 is 2.36 bits per heavy atom. The summed E-state index contributed by atoms with van der Waals surface area (Å²) in [5, 5.41) is 12.8. The van der Waals surface area contributed by atoms with Gasteiger partial charge in [0.2, 0.25) is 0 Å². The molecular weight excluding hydrogens is 246 g/mol. The lowest BCUT2D eigenvalue weighted by Crippen LogP contribution is -2.33. The summed E-state index contributed by atoms with van der Waals surface area (Å²) in [7, 11) is 0. The third-order valence-electron chi connectivity index (χ3n) is 2.28. The first-order valence-corrected chi connectivity index (χ1v) is 5.38. The van der Waals surface area contributed by atoms with Crippen molar-refractivity contribution < 1.29 is 9.84 Å². The Balaban J connectivity index is 2.26. The zero-order valence-electron chi connectivity index (χ0n) is 7.66. The van der Waals surface area contributed by atoms with E-state index in [1.165, 1.54) is 0 Å². The third kappa shape index (κ3) is 1.92. The highest BCUT2D eigenvalue weighted by Gasteiger charge is 2.19.